The Morgan fingerprint density at radius 3 is 2.19 bits per heavy atom. The molecule has 0 N–H and O–H groups in total. The van der Waals surface area contributed by atoms with E-state index in [0.717, 1.165) is 11.5 Å². The lowest BCUT2D eigenvalue weighted by molar-refractivity contribution is 0.215. The molecule has 26 heavy (non-hydrogen) atoms. The van der Waals surface area contributed by atoms with Crippen LogP contribution in [-0.2, 0) is 4.74 Å². The van der Waals surface area contributed by atoms with Gasteiger partial charge in [0.25, 0.3) is 0 Å². The Balaban J connectivity index is 0.000000920. The Kier molecular flexibility index (Phi) is 14.1. The molecule has 0 amide bonds. The number of hydrogen-bond donors (Lipinski definition) is 0. The largest absolute Gasteiger partial charge is 0.456 e. The lowest BCUT2D eigenvalue weighted by Crippen LogP contribution is -1.88. The second-order valence-electron chi connectivity index (χ2n) is 4.27. The van der Waals surface area contributed by atoms with Crippen LogP contribution in [0.1, 0.15) is 26.3 Å². The van der Waals surface area contributed by atoms with Gasteiger partial charge in [-0.1, -0.05) is 61.0 Å². The molecule has 3 nitrogen and oxygen atoms in total. The molecule has 0 aromatic heterocycles. The molecular formula is C19H21Cl2NO2S2. The minimum Gasteiger partial charge on any atom is -0.456 e. The summed E-state index contributed by atoms with van der Waals surface area (Å²) in [5.41, 5.74) is 0.542. The number of nitriles is 1. The lowest BCUT2D eigenvalue weighted by atomic mass is 10.2. The zero-order valence-corrected chi connectivity index (χ0v) is 18.2. The number of rotatable bonds is 5. The van der Waals surface area contributed by atoms with Gasteiger partial charge in [0.15, 0.2) is 0 Å². The summed E-state index contributed by atoms with van der Waals surface area (Å²) in [5.74, 6) is 1.12. The lowest BCUT2D eigenvalue weighted by Gasteiger charge is -2.10. The number of thioether (sulfide) groups is 1. The van der Waals surface area contributed by atoms with Gasteiger partial charge in [-0.25, -0.2) is 0 Å². The zero-order valence-electron chi connectivity index (χ0n) is 15.1. The Labute approximate surface area is 175 Å². The van der Waals surface area contributed by atoms with Crippen molar-refractivity contribution in [2.75, 3.05) is 13.7 Å². The molecule has 140 valence electrons. The van der Waals surface area contributed by atoms with Crippen LogP contribution in [0.15, 0.2) is 41.3 Å². The number of benzene rings is 2. The molecule has 0 fully saturated rings. The number of thiocarbonyl (C=S) groups is 1. The van der Waals surface area contributed by atoms with E-state index in [-0.39, 0.29) is 0 Å². The van der Waals surface area contributed by atoms with E-state index in [0.29, 0.717) is 27.1 Å². The van der Waals surface area contributed by atoms with Crippen molar-refractivity contribution in [2.24, 2.45) is 0 Å². The van der Waals surface area contributed by atoms with Gasteiger partial charge in [-0.15, -0.1) is 0 Å². The van der Waals surface area contributed by atoms with Gasteiger partial charge in [0.2, 0.25) is 0 Å². The third-order valence-corrected chi connectivity index (χ3v) is 3.99. The predicted octanol–water partition coefficient (Wildman–Crippen LogP) is 7.39. The van der Waals surface area contributed by atoms with Gasteiger partial charge >= 0.3 is 0 Å². The van der Waals surface area contributed by atoms with Crippen LogP contribution in [0.4, 0.5) is 0 Å². The van der Waals surface area contributed by atoms with E-state index in [1.807, 2.05) is 20.8 Å². The molecule has 0 unspecified atom stereocenters. The maximum absolute atomic E-state index is 8.91. The van der Waals surface area contributed by atoms with E-state index in [1.54, 1.807) is 43.5 Å². The summed E-state index contributed by atoms with van der Waals surface area (Å²) in [7, 11) is 1.68. The van der Waals surface area contributed by atoms with Crippen LogP contribution in [0.25, 0.3) is 0 Å². The monoisotopic (exact) mass is 429 g/mol. The van der Waals surface area contributed by atoms with Crippen LogP contribution in [0.2, 0.25) is 10.0 Å². The fourth-order valence-electron chi connectivity index (χ4n) is 1.52. The molecule has 0 spiro atoms. The van der Waals surface area contributed by atoms with E-state index < -0.39 is 0 Å². The molecule has 2 rings (SSSR count). The molecular weight excluding hydrogens is 409 g/mol. The third kappa shape index (κ3) is 9.42. The highest BCUT2D eigenvalue weighted by Gasteiger charge is 2.08. The average molecular weight is 430 g/mol. The zero-order chi connectivity index (χ0) is 19.9. The number of methoxy groups -OCH3 is 1. The molecule has 0 aliphatic carbocycles. The van der Waals surface area contributed by atoms with Crippen molar-refractivity contribution in [1.29, 1.82) is 5.26 Å². The molecule has 0 aliphatic rings. The summed E-state index contributed by atoms with van der Waals surface area (Å²) in [6, 6.07) is 12.1. The molecule has 0 saturated heterocycles. The topological polar surface area (TPSA) is 42.2 Å². The second-order valence-corrected chi connectivity index (χ2v) is 6.59. The van der Waals surface area contributed by atoms with Gasteiger partial charge in [0.1, 0.15) is 11.5 Å². The van der Waals surface area contributed by atoms with Crippen molar-refractivity contribution in [1.82, 2.24) is 0 Å². The van der Waals surface area contributed by atoms with E-state index in [4.69, 9.17) is 45.4 Å². The number of halogens is 2. The molecule has 2 aromatic rings. The highest BCUT2D eigenvalue weighted by molar-refractivity contribution is 8.20. The summed E-state index contributed by atoms with van der Waals surface area (Å²) >= 11 is 18.0. The molecule has 2 aromatic carbocycles. The second kappa shape index (κ2) is 14.8. The van der Waals surface area contributed by atoms with Crippen molar-refractivity contribution in [2.45, 2.75) is 25.7 Å². The molecule has 0 saturated carbocycles. The molecule has 0 aliphatic heterocycles. The number of hydrogen-bond acceptors (Lipinski definition) is 5. The molecule has 0 heterocycles. The predicted molar refractivity (Wildman–Crippen MR) is 116 cm³/mol. The smallest absolute Gasteiger partial charge is 0.141 e. The molecule has 0 radical (unpaired) electrons. The van der Waals surface area contributed by atoms with Gasteiger partial charge in [-0.05, 0) is 43.3 Å². The van der Waals surface area contributed by atoms with Crippen molar-refractivity contribution >= 4 is 51.9 Å². The minimum absolute atomic E-state index is 0.491. The fourth-order valence-corrected chi connectivity index (χ4v) is 2.86. The van der Waals surface area contributed by atoms with E-state index in [9.17, 15) is 0 Å². The highest BCUT2D eigenvalue weighted by atomic mass is 35.5. The third-order valence-electron chi connectivity index (χ3n) is 2.60. The Bertz CT molecular complexity index is 712. The minimum atomic E-state index is 0.491. The van der Waals surface area contributed by atoms with Crippen molar-refractivity contribution in [3.63, 3.8) is 0 Å². The SMILES string of the molecule is CC.CCOC.N#Cc1ccc(Oc2cc(Cl)cc(Cl)c2)c(SC=S)c1. The molecule has 0 bridgehead atoms. The summed E-state index contributed by atoms with van der Waals surface area (Å²) < 4.78 is 11.8. The van der Waals surface area contributed by atoms with Crippen molar-refractivity contribution < 1.29 is 9.47 Å². The maximum atomic E-state index is 8.91. The van der Waals surface area contributed by atoms with Gasteiger partial charge in [0, 0.05) is 28.5 Å². The molecule has 0 atom stereocenters. The Hall–Kier alpha value is -1.29. The van der Waals surface area contributed by atoms with Crippen LogP contribution in [0.3, 0.4) is 0 Å². The standard InChI is InChI=1S/C14H7Cl2NOS2.C3H8O.C2H6/c15-10-4-11(16)6-12(5-10)18-13-2-1-9(7-17)3-14(13)20-8-19;1-3-4-2;1-2/h1-6,8H;3H2,1-2H3;1-2H3. The highest BCUT2D eigenvalue weighted by Crippen LogP contribution is 2.34. The van der Waals surface area contributed by atoms with Crippen LogP contribution in [-0.4, -0.2) is 18.4 Å². The number of nitrogens with zero attached hydrogens (tertiary/aromatic N) is 1. The summed E-state index contributed by atoms with van der Waals surface area (Å²) in [5, 5.41) is 9.89. The Morgan fingerprint density at radius 1 is 1.15 bits per heavy atom. The quantitative estimate of drug-likeness (QED) is 0.366. The summed E-state index contributed by atoms with van der Waals surface area (Å²) in [6.45, 7) is 6.78. The summed E-state index contributed by atoms with van der Waals surface area (Å²) in [6.07, 6.45) is 0. The Morgan fingerprint density at radius 2 is 1.73 bits per heavy atom. The van der Waals surface area contributed by atoms with Gasteiger partial charge in [0.05, 0.1) is 16.5 Å². The van der Waals surface area contributed by atoms with Crippen LogP contribution in [0.5, 0.6) is 11.5 Å². The van der Waals surface area contributed by atoms with Gasteiger partial charge in [-0.2, -0.15) is 5.26 Å². The fraction of sp³-hybridized carbons (Fsp3) is 0.263. The maximum Gasteiger partial charge on any atom is 0.141 e. The van der Waals surface area contributed by atoms with E-state index in [2.05, 4.69) is 10.8 Å². The van der Waals surface area contributed by atoms with Gasteiger partial charge in [-0.3, -0.25) is 0 Å². The van der Waals surface area contributed by atoms with E-state index >= 15 is 0 Å². The van der Waals surface area contributed by atoms with Crippen LogP contribution < -0.4 is 4.74 Å². The first-order chi connectivity index (χ1) is 12.5. The van der Waals surface area contributed by atoms with Gasteiger partial charge < -0.3 is 9.47 Å². The first-order valence-electron chi connectivity index (χ1n) is 7.81. The van der Waals surface area contributed by atoms with Crippen LogP contribution in [0, 0.1) is 11.3 Å². The van der Waals surface area contributed by atoms with Crippen LogP contribution >= 0.6 is 47.2 Å². The number of ether oxygens (including phenoxy) is 2. The molecule has 7 heteroatoms. The van der Waals surface area contributed by atoms with E-state index in [1.165, 1.54) is 16.5 Å². The first kappa shape index (κ1) is 24.7. The first-order valence-corrected chi connectivity index (χ1v) is 9.92. The van der Waals surface area contributed by atoms with Crippen molar-refractivity contribution in [3.05, 3.63) is 52.0 Å². The average Bonchev–Trinajstić information content (AvgIpc) is 2.64. The summed E-state index contributed by atoms with van der Waals surface area (Å²) in [4.78, 5) is 0.759. The normalized spacial score (nSPS) is 8.96. The van der Waals surface area contributed by atoms with Crippen molar-refractivity contribution in [3.8, 4) is 17.6 Å².